The van der Waals surface area contributed by atoms with Crippen LogP contribution < -0.4 is 5.32 Å². The second-order valence-corrected chi connectivity index (χ2v) is 6.45. The number of nitriles is 1. The highest BCUT2D eigenvalue weighted by molar-refractivity contribution is 6.33. The first-order valence-electron chi connectivity index (χ1n) is 8.04. The Kier molecular flexibility index (Phi) is 4.86. The summed E-state index contributed by atoms with van der Waals surface area (Å²) in [6, 6.07) is 9.62. The molecule has 0 atom stereocenters. The number of amides is 1. The molecule has 3 rings (SSSR count). The molecule has 0 unspecified atom stereocenters. The lowest BCUT2D eigenvalue weighted by Crippen LogP contribution is -2.45. The van der Waals surface area contributed by atoms with E-state index in [9.17, 15) is 10.1 Å². The first-order valence-corrected chi connectivity index (χ1v) is 8.41. The molecule has 0 spiro atoms. The van der Waals surface area contributed by atoms with Crippen molar-refractivity contribution in [2.45, 2.75) is 44.1 Å². The number of oxazole rings is 1. The van der Waals surface area contributed by atoms with Gasteiger partial charge in [0.2, 0.25) is 5.91 Å². The average Bonchev–Trinajstić information content (AvgIpc) is 3.23. The minimum absolute atomic E-state index is 0.143. The number of halogens is 1. The normalized spacial score (nSPS) is 15.8. The predicted molar refractivity (Wildman–Crippen MR) is 90.2 cm³/mol. The van der Waals surface area contributed by atoms with Gasteiger partial charge in [0.25, 0.3) is 0 Å². The Morgan fingerprint density at radius 2 is 2.12 bits per heavy atom. The zero-order valence-corrected chi connectivity index (χ0v) is 14.0. The van der Waals surface area contributed by atoms with E-state index in [1.54, 1.807) is 12.3 Å². The summed E-state index contributed by atoms with van der Waals surface area (Å²) in [5.41, 5.74) is 0.0906. The molecule has 5 nitrogen and oxygen atoms in total. The van der Waals surface area contributed by atoms with Crippen LogP contribution in [0.2, 0.25) is 5.02 Å². The molecule has 1 aromatic carbocycles. The molecule has 2 aromatic rings. The maximum atomic E-state index is 12.1. The van der Waals surface area contributed by atoms with Crippen molar-refractivity contribution in [2.75, 3.05) is 0 Å². The van der Waals surface area contributed by atoms with Crippen molar-refractivity contribution in [3.05, 3.63) is 41.4 Å². The number of carbonyl (C=O) groups excluding carboxylic acids is 1. The molecule has 6 heteroatoms. The predicted octanol–water partition coefficient (Wildman–Crippen LogP) is 3.88. The zero-order valence-electron chi connectivity index (χ0n) is 13.2. The Hall–Kier alpha value is -2.32. The minimum Gasteiger partial charge on any atom is -0.441 e. The van der Waals surface area contributed by atoms with Gasteiger partial charge in [-0.1, -0.05) is 23.7 Å². The zero-order chi connectivity index (χ0) is 17.0. The van der Waals surface area contributed by atoms with E-state index in [1.807, 2.05) is 18.2 Å². The lowest BCUT2D eigenvalue weighted by Gasteiger charge is -2.21. The van der Waals surface area contributed by atoms with Crippen LogP contribution in [0, 0.1) is 11.3 Å². The molecule has 1 aromatic heterocycles. The number of carbonyl (C=O) groups is 1. The number of nitrogens with one attached hydrogen (secondary N) is 1. The van der Waals surface area contributed by atoms with Gasteiger partial charge in [0.1, 0.15) is 5.54 Å². The van der Waals surface area contributed by atoms with E-state index < -0.39 is 5.54 Å². The van der Waals surface area contributed by atoms with Crippen LogP contribution in [-0.4, -0.2) is 16.4 Å². The summed E-state index contributed by atoms with van der Waals surface area (Å²) in [6.07, 6.45) is 5.66. The van der Waals surface area contributed by atoms with Gasteiger partial charge in [0, 0.05) is 18.4 Å². The third kappa shape index (κ3) is 3.60. The monoisotopic (exact) mass is 343 g/mol. The summed E-state index contributed by atoms with van der Waals surface area (Å²) in [5.74, 6) is 0.925. The minimum atomic E-state index is -0.684. The SMILES string of the molecule is N#CC1(NC(=O)CCc2ncc(-c3ccccc3Cl)o2)CCCC1. The van der Waals surface area contributed by atoms with Crippen LogP contribution in [-0.2, 0) is 11.2 Å². The molecule has 0 aliphatic heterocycles. The summed E-state index contributed by atoms with van der Waals surface area (Å²) in [4.78, 5) is 16.3. The number of benzene rings is 1. The van der Waals surface area contributed by atoms with Crippen LogP contribution in [0.1, 0.15) is 38.0 Å². The van der Waals surface area contributed by atoms with E-state index >= 15 is 0 Å². The van der Waals surface area contributed by atoms with Crippen LogP contribution in [0.15, 0.2) is 34.9 Å². The second kappa shape index (κ2) is 7.06. The molecule has 1 saturated carbocycles. The quantitative estimate of drug-likeness (QED) is 0.893. The highest BCUT2D eigenvalue weighted by Gasteiger charge is 2.35. The van der Waals surface area contributed by atoms with Crippen molar-refractivity contribution in [3.63, 3.8) is 0 Å². The first-order chi connectivity index (χ1) is 11.6. The van der Waals surface area contributed by atoms with Crippen molar-refractivity contribution in [3.8, 4) is 17.4 Å². The van der Waals surface area contributed by atoms with Gasteiger partial charge in [-0.25, -0.2) is 4.98 Å². The lowest BCUT2D eigenvalue weighted by atomic mass is 9.99. The van der Waals surface area contributed by atoms with Crippen LogP contribution in [0.5, 0.6) is 0 Å². The van der Waals surface area contributed by atoms with Crippen molar-refractivity contribution in [2.24, 2.45) is 0 Å². The van der Waals surface area contributed by atoms with Gasteiger partial charge in [-0.3, -0.25) is 4.79 Å². The summed E-state index contributed by atoms with van der Waals surface area (Å²) >= 11 is 6.14. The maximum absolute atomic E-state index is 12.1. The molecular weight excluding hydrogens is 326 g/mol. The van der Waals surface area contributed by atoms with Gasteiger partial charge >= 0.3 is 0 Å². The van der Waals surface area contributed by atoms with Crippen LogP contribution in [0.3, 0.4) is 0 Å². The molecule has 1 fully saturated rings. The Labute approximate surface area is 145 Å². The largest absolute Gasteiger partial charge is 0.441 e. The number of nitrogens with zero attached hydrogens (tertiary/aromatic N) is 2. The van der Waals surface area contributed by atoms with E-state index in [-0.39, 0.29) is 12.3 Å². The summed E-state index contributed by atoms with van der Waals surface area (Å²) in [6.45, 7) is 0. The fraction of sp³-hybridized carbons (Fsp3) is 0.389. The first kappa shape index (κ1) is 16.5. The smallest absolute Gasteiger partial charge is 0.221 e. The van der Waals surface area contributed by atoms with E-state index in [0.717, 1.165) is 31.2 Å². The highest BCUT2D eigenvalue weighted by atomic mass is 35.5. The Morgan fingerprint density at radius 1 is 1.38 bits per heavy atom. The summed E-state index contributed by atoms with van der Waals surface area (Å²) in [5, 5.41) is 12.8. The van der Waals surface area contributed by atoms with Crippen molar-refractivity contribution in [1.82, 2.24) is 10.3 Å². The fourth-order valence-electron chi connectivity index (χ4n) is 3.00. The van der Waals surface area contributed by atoms with Crippen molar-refractivity contribution in [1.29, 1.82) is 5.26 Å². The number of aromatic nitrogens is 1. The Morgan fingerprint density at radius 3 is 2.83 bits per heavy atom. The molecule has 1 aliphatic carbocycles. The average molecular weight is 344 g/mol. The van der Waals surface area contributed by atoms with Gasteiger partial charge in [-0.2, -0.15) is 5.26 Å². The Balaban J connectivity index is 1.59. The molecule has 1 amide bonds. The van der Waals surface area contributed by atoms with Gasteiger partial charge in [-0.15, -0.1) is 0 Å². The third-order valence-electron chi connectivity index (χ3n) is 4.31. The van der Waals surface area contributed by atoms with E-state index in [0.29, 0.717) is 23.1 Å². The van der Waals surface area contributed by atoms with Crippen molar-refractivity contribution >= 4 is 17.5 Å². The van der Waals surface area contributed by atoms with Gasteiger partial charge < -0.3 is 9.73 Å². The number of hydrogen-bond acceptors (Lipinski definition) is 4. The lowest BCUT2D eigenvalue weighted by molar-refractivity contribution is -0.122. The van der Waals surface area contributed by atoms with Crippen LogP contribution in [0.25, 0.3) is 11.3 Å². The Bertz CT molecular complexity index is 773. The fourth-order valence-corrected chi connectivity index (χ4v) is 3.23. The number of rotatable bonds is 5. The topological polar surface area (TPSA) is 78.9 Å². The molecule has 0 saturated heterocycles. The van der Waals surface area contributed by atoms with Gasteiger partial charge in [0.05, 0.1) is 17.3 Å². The van der Waals surface area contributed by atoms with E-state index in [1.165, 1.54) is 0 Å². The maximum Gasteiger partial charge on any atom is 0.221 e. The molecule has 0 bridgehead atoms. The highest BCUT2D eigenvalue weighted by Crippen LogP contribution is 2.30. The molecule has 0 radical (unpaired) electrons. The van der Waals surface area contributed by atoms with Gasteiger partial charge in [-0.05, 0) is 37.8 Å². The number of hydrogen-bond donors (Lipinski definition) is 1. The van der Waals surface area contributed by atoms with Crippen LogP contribution >= 0.6 is 11.6 Å². The standard InChI is InChI=1S/C18H18ClN3O2/c19-14-6-2-1-5-13(14)15-11-21-17(24-15)8-7-16(23)22-18(12-20)9-3-4-10-18/h1-2,5-6,11H,3-4,7-10H2,(H,22,23). The number of aryl methyl sites for hydroxylation is 1. The summed E-state index contributed by atoms with van der Waals surface area (Å²) < 4.78 is 5.68. The van der Waals surface area contributed by atoms with Gasteiger partial charge in [0.15, 0.2) is 11.7 Å². The molecule has 1 N–H and O–H groups in total. The molecular formula is C18H18ClN3O2. The second-order valence-electron chi connectivity index (χ2n) is 6.05. The van der Waals surface area contributed by atoms with E-state index in [2.05, 4.69) is 16.4 Å². The van der Waals surface area contributed by atoms with E-state index in [4.69, 9.17) is 16.0 Å². The third-order valence-corrected chi connectivity index (χ3v) is 4.64. The molecule has 1 heterocycles. The van der Waals surface area contributed by atoms with Crippen molar-refractivity contribution < 1.29 is 9.21 Å². The molecule has 124 valence electrons. The van der Waals surface area contributed by atoms with Crippen LogP contribution in [0.4, 0.5) is 0 Å². The molecule has 24 heavy (non-hydrogen) atoms. The molecule has 1 aliphatic rings. The summed E-state index contributed by atoms with van der Waals surface area (Å²) in [7, 11) is 0.